The summed E-state index contributed by atoms with van der Waals surface area (Å²) in [5.74, 6) is 0.410. The van der Waals surface area contributed by atoms with Crippen molar-refractivity contribution in [1.29, 1.82) is 0 Å². The lowest BCUT2D eigenvalue weighted by atomic mass is 9.98. The topological polar surface area (TPSA) is 61.9 Å². The summed E-state index contributed by atoms with van der Waals surface area (Å²) in [4.78, 5) is 27.3. The molecule has 1 saturated heterocycles. The Labute approximate surface area is 167 Å². The Morgan fingerprint density at radius 1 is 1.18 bits per heavy atom. The molecule has 1 fully saturated rings. The predicted octanol–water partition coefficient (Wildman–Crippen LogP) is 4.71. The zero-order valence-electron chi connectivity index (χ0n) is 15.3. The van der Waals surface area contributed by atoms with E-state index in [0.29, 0.717) is 5.92 Å². The van der Waals surface area contributed by atoms with Crippen LogP contribution in [0, 0.1) is 0 Å². The number of hydrogen-bond acceptors (Lipinski definition) is 4. The molecule has 0 radical (unpaired) electrons. The molecule has 4 aromatic rings. The Morgan fingerprint density at radius 3 is 2.96 bits per heavy atom. The Bertz CT molecular complexity index is 1120. The molecule has 1 aliphatic heterocycles. The summed E-state index contributed by atoms with van der Waals surface area (Å²) in [6.45, 7) is 1.55. The largest absolute Gasteiger partial charge is 0.345 e. The molecule has 1 N–H and O–H groups in total. The van der Waals surface area contributed by atoms with Gasteiger partial charge in [0.15, 0.2) is 0 Å². The van der Waals surface area contributed by atoms with Crippen molar-refractivity contribution >= 4 is 28.3 Å². The summed E-state index contributed by atoms with van der Waals surface area (Å²) in [5.41, 5.74) is 3.70. The number of benzene rings is 1. The van der Waals surface area contributed by atoms with Gasteiger partial charge in [0.05, 0.1) is 10.7 Å². The highest BCUT2D eigenvalue weighted by atomic mass is 32.1. The summed E-state index contributed by atoms with van der Waals surface area (Å²) in [6.07, 6.45) is 5.84. The number of carbonyl (C=O) groups excluding carboxylic acids is 1. The van der Waals surface area contributed by atoms with Gasteiger partial charge in [-0.15, -0.1) is 11.3 Å². The van der Waals surface area contributed by atoms with E-state index in [2.05, 4.69) is 21.4 Å². The minimum Gasteiger partial charge on any atom is -0.345 e. The number of rotatable bonds is 3. The van der Waals surface area contributed by atoms with Crippen LogP contribution in [-0.2, 0) is 0 Å². The molecule has 1 amide bonds. The van der Waals surface area contributed by atoms with Gasteiger partial charge in [-0.25, -0.2) is 9.97 Å². The maximum atomic E-state index is 12.8. The third-order valence-corrected chi connectivity index (χ3v) is 6.33. The number of likely N-dealkylation sites (tertiary alicyclic amines) is 1. The lowest BCUT2D eigenvalue weighted by molar-refractivity contribution is 0.0707. The van der Waals surface area contributed by atoms with Crippen molar-refractivity contribution in [3.8, 4) is 11.3 Å². The molecular weight excluding hydrogens is 368 g/mol. The zero-order chi connectivity index (χ0) is 18.9. The summed E-state index contributed by atoms with van der Waals surface area (Å²) in [5, 5.41) is 4.31. The predicted molar refractivity (Wildman–Crippen MR) is 112 cm³/mol. The van der Waals surface area contributed by atoms with Crippen LogP contribution >= 0.6 is 11.3 Å². The van der Waals surface area contributed by atoms with Crippen LogP contribution < -0.4 is 0 Å². The quantitative estimate of drug-likeness (QED) is 0.553. The highest BCUT2D eigenvalue weighted by molar-refractivity contribution is 7.10. The second-order valence-electron chi connectivity index (χ2n) is 7.13. The fourth-order valence-corrected chi connectivity index (χ4v) is 4.84. The van der Waals surface area contributed by atoms with Crippen LogP contribution in [0.4, 0.5) is 0 Å². The van der Waals surface area contributed by atoms with Crippen LogP contribution in [0.3, 0.4) is 0 Å². The van der Waals surface area contributed by atoms with E-state index < -0.39 is 0 Å². The van der Waals surface area contributed by atoms with E-state index in [1.807, 2.05) is 47.5 Å². The fourth-order valence-electron chi connectivity index (χ4n) is 3.89. The normalized spacial score (nSPS) is 17.1. The van der Waals surface area contributed by atoms with E-state index in [0.717, 1.165) is 58.8 Å². The smallest absolute Gasteiger partial charge is 0.253 e. The maximum absolute atomic E-state index is 12.8. The average molecular weight is 388 g/mol. The first-order valence-corrected chi connectivity index (χ1v) is 10.4. The molecule has 4 heterocycles. The van der Waals surface area contributed by atoms with Gasteiger partial charge in [0.2, 0.25) is 0 Å². The van der Waals surface area contributed by atoms with Gasteiger partial charge < -0.3 is 9.88 Å². The Balaban J connectivity index is 1.37. The van der Waals surface area contributed by atoms with Gasteiger partial charge in [-0.1, -0.05) is 18.2 Å². The van der Waals surface area contributed by atoms with Crippen molar-refractivity contribution in [3.05, 3.63) is 70.8 Å². The number of nitrogens with zero attached hydrogens (tertiary/aromatic N) is 3. The van der Waals surface area contributed by atoms with E-state index >= 15 is 0 Å². The Morgan fingerprint density at radius 2 is 2.07 bits per heavy atom. The molecule has 0 saturated carbocycles. The zero-order valence-corrected chi connectivity index (χ0v) is 16.2. The molecule has 140 valence electrons. The standard InChI is InChI=1S/C22H20N4OS/c27-22(15-6-2-1-3-7-15)26-11-5-8-16(13-26)21-25-19(14-28-21)18-12-24-20-17(18)9-4-10-23-20/h1-4,6-7,9-10,12,14,16H,5,8,11,13H2,(H,23,24). The number of hydrogen-bond donors (Lipinski definition) is 1. The minimum atomic E-state index is 0.116. The number of aromatic amines is 1. The lowest BCUT2D eigenvalue weighted by Gasteiger charge is -2.32. The van der Waals surface area contributed by atoms with E-state index in [9.17, 15) is 4.79 Å². The van der Waals surface area contributed by atoms with Gasteiger partial charge in [-0.2, -0.15) is 0 Å². The molecule has 5 nitrogen and oxygen atoms in total. The van der Waals surface area contributed by atoms with Gasteiger partial charge in [0, 0.05) is 53.3 Å². The van der Waals surface area contributed by atoms with Crippen molar-refractivity contribution < 1.29 is 4.79 Å². The molecular formula is C22H20N4OS. The number of carbonyl (C=O) groups is 1. The molecule has 28 heavy (non-hydrogen) atoms. The number of thiazole rings is 1. The Hall–Kier alpha value is -2.99. The number of H-pyrrole nitrogens is 1. The van der Waals surface area contributed by atoms with Gasteiger partial charge in [-0.3, -0.25) is 4.79 Å². The molecule has 0 bridgehead atoms. The van der Waals surface area contributed by atoms with Crippen LogP contribution in [0.25, 0.3) is 22.3 Å². The summed E-state index contributed by atoms with van der Waals surface area (Å²) in [7, 11) is 0. The average Bonchev–Trinajstić information content (AvgIpc) is 3.41. The molecule has 1 aliphatic rings. The van der Waals surface area contributed by atoms with Crippen molar-refractivity contribution in [3.63, 3.8) is 0 Å². The van der Waals surface area contributed by atoms with Crippen LogP contribution in [0.1, 0.15) is 34.1 Å². The van der Waals surface area contributed by atoms with Gasteiger partial charge >= 0.3 is 0 Å². The fraction of sp³-hybridized carbons (Fsp3) is 0.227. The number of amides is 1. The van der Waals surface area contributed by atoms with E-state index in [1.54, 1.807) is 17.5 Å². The van der Waals surface area contributed by atoms with Crippen LogP contribution in [0.15, 0.2) is 60.2 Å². The number of fused-ring (bicyclic) bond motifs is 1. The van der Waals surface area contributed by atoms with Crippen molar-refractivity contribution in [2.45, 2.75) is 18.8 Å². The van der Waals surface area contributed by atoms with Crippen molar-refractivity contribution in [1.82, 2.24) is 19.9 Å². The SMILES string of the molecule is O=C(c1ccccc1)N1CCCC(c2nc(-c3c[nH]c4ncccc34)cs2)C1. The number of pyridine rings is 1. The maximum Gasteiger partial charge on any atom is 0.253 e. The molecule has 6 heteroatoms. The van der Waals surface area contributed by atoms with Crippen molar-refractivity contribution in [2.75, 3.05) is 13.1 Å². The monoisotopic (exact) mass is 388 g/mol. The molecule has 1 unspecified atom stereocenters. The van der Waals surface area contributed by atoms with Crippen LogP contribution in [0.5, 0.6) is 0 Å². The third kappa shape index (κ3) is 3.10. The molecule has 0 aliphatic carbocycles. The number of nitrogens with one attached hydrogen (secondary N) is 1. The Kier molecular flexibility index (Phi) is 4.41. The molecule has 0 spiro atoms. The molecule has 1 aromatic carbocycles. The molecule has 5 rings (SSSR count). The first-order chi connectivity index (χ1) is 13.8. The van der Waals surface area contributed by atoms with Gasteiger partial charge in [0.25, 0.3) is 5.91 Å². The third-order valence-electron chi connectivity index (χ3n) is 5.33. The first kappa shape index (κ1) is 17.1. The minimum absolute atomic E-state index is 0.116. The van der Waals surface area contributed by atoms with Crippen molar-refractivity contribution in [2.24, 2.45) is 0 Å². The second kappa shape index (κ2) is 7.20. The second-order valence-corrected chi connectivity index (χ2v) is 8.02. The molecule has 3 aromatic heterocycles. The first-order valence-electron chi connectivity index (χ1n) is 9.52. The number of piperidine rings is 1. The van der Waals surface area contributed by atoms with E-state index in [-0.39, 0.29) is 5.91 Å². The van der Waals surface area contributed by atoms with Gasteiger partial charge in [-0.05, 0) is 37.1 Å². The summed E-state index contributed by atoms with van der Waals surface area (Å²) in [6, 6.07) is 13.6. The van der Waals surface area contributed by atoms with E-state index in [1.165, 1.54) is 0 Å². The van der Waals surface area contributed by atoms with E-state index in [4.69, 9.17) is 4.98 Å². The highest BCUT2D eigenvalue weighted by Crippen LogP contribution is 2.34. The van der Waals surface area contributed by atoms with Gasteiger partial charge in [0.1, 0.15) is 5.65 Å². The molecule has 1 atom stereocenters. The summed E-state index contributed by atoms with van der Waals surface area (Å²) < 4.78 is 0. The highest BCUT2D eigenvalue weighted by Gasteiger charge is 2.27. The van der Waals surface area contributed by atoms with Crippen LogP contribution in [0.2, 0.25) is 0 Å². The van der Waals surface area contributed by atoms with Crippen LogP contribution in [-0.4, -0.2) is 38.8 Å². The lowest BCUT2D eigenvalue weighted by Crippen LogP contribution is -2.39. The summed E-state index contributed by atoms with van der Waals surface area (Å²) >= 11 is 1.69. The number of aromatic nitrogens is 3.